The van der Waals surface area contributed by atoms with Crippen molar-refractivity contribution in [2.75, 3.05) is 6.26 Å². The summed E-state index contributed by atoms with van der Waals surface area (Å²) >= 11 is 0.818. The maximum Gasteiger partial charge on any atom is 0.301 e. The van der Waals surface area contributed by atoms with Crippen LogP contribution in [0.4, 0.5) is 10.1 Å². The van der Waals surface area contributed by atoms with Gasteiger partial charge in [-0.25, -0.2) is 12.8 Å². The summed E-state index contributed by atoms with van der Waals surface area (Å²) in [6.45, 7) is 0. The Balaban J connectivity index is 2.60. The number of benzene rings is 2. The molecule has 0 heterocycles. The molecule has 21 heavy (non-hydrogen) atoms. The van der Waals surface area contributed by atoms with E-state index >= 15 is 0 Å². The molecule has 5 nitrogen and oxygen atoms in total. The summed E-state index contributed by atoms with van der Waals surface area (Å²) in [7, 11) is -3.75. The summed E-state index contributed by atoms with van der Waals surface area (Å²) in [5, 5.41) is 11.2. The molecule has 110 valence electrons. The third-order valence-corrected chi connectivity index (χ3v) is 4.83. The first-order valence-electron chi connectivity index (χ1n) is 5.70. The first-order valence-corrected chi connectivity index (χ1v) is 8.41. The van der Waals surface area contributed by atoms with E-state index in [4.69, 9.17) is 0 Å². The van der Waals surface area contributed by atoms with Crippen LogP contribution < -0.4 is 0 Å². The highest BCUT2D eigenvalue weighted by atomic mass is 32.2. The minimum Gasteiger partial charge on any atom is -0.258 e. The molecule has 0 atom stereocenters. The monoisotopic (exact) mass is 327 g/mol. The van der Waals surface area contributed by atoms with Crippen molar-refractivity contribution in [2.45, 2.75) is 14.7 Å². The first-order chi connectivity index (χ1) is 9.80. The Morgan fingerprint density at radius 2 is 1.71 bits per heavy atom. The zero-order valence-corrected chi connectivity index (χ0v) is 12.4. The molecule has 0 aliphatic heterocycles. The normalized spacial score (nSPS) is 11.3. The molecule has 0 radical (unpaired) electrons. The molecule has 0 saturated heterocycles. The van der Waals surface area contributed by atoms with Crippen molar-refractivity contribution in [1.29, 1.82) is 0 Å². The fourth-order valence-corrected chi connectivity index (χ4v) is 3.61. The van der Waals surface area contributed by atoms with Crippen molar-refractivity contribution in [3.63, 3.8) is 0 Å². The molecule has 2 aromatic rings. The lowest BCUT2D eigenvalue weighted by Gasteiger charge is -2.07. The Labute approximate surface area is 124 Å². The quantitative estimate of drug-likeness (QED) is 0.636. The molecule has 0 aromatic heterocycles. The van der Waals surface area contributed by atoms with E-state index in [2.05, 4.69) is 0 Å². The van der Waals surface area contributed by atoms with Crippen LogP contribution in [0.1, 0.15) is 0 Å². The van der Waals surface area contributed by atoms with Gasteiger partial charge in [0.05, 0.1) is 9.82 Å². The summed E-state index contributed by atoms with van der Waals surface area (Å²) in [6.07, 6.45) is 0.896. The molecule has 8 heteroatoms. The second kappa shape index (κ2) is 5.82. The van der Waals surface area contributed by atoms with Crippen molar-refractivity contribution in [3.8, 4) is 0 Å². The van der Waals surface area contributed by atoms with Crippen LogP contribution >= 0.6 is 11.8 Å². The van der Waals surface area contributed by atoms with Gasteiger partial charge in [0.1, 0.15) is 10.7 Å². The van der Waals surface area contributed by atoms with Gasteiger partial charge < -0.3 is 0 Å². The zero-order valence-electron chi connectivity index (χ0n) is 10.8. The predicted octanol–water partition coefficient (Wildman–Crippen LogP) is 3.29. The lowest BCUT2D eigenvalue weighted by atomic mass is 10.3. The zero-order chi connectivity index (χ0) is 15.6. The Kier molecular flexibility index (Phi) is 4.29. The first kappa shape index (κ1) is 15.5. The van der Waals surface area contributed by atoms with Crippen LogP contribution in [-0.4, -0.2) is 19.6 Å². The fourth-order valence-electron chi connectivity index (χ4n) is 1.71. The van der Waals surface area contributed by atoms with Crippen molar-refractivity contribution in [3.05, 3.63) is 58.4 Å². The van der Waals surface area contributed by atoms with Crippen LogP contribution in [0.5, 0.6) is 0 Å². The molecule has 0 unspecified atom stereocenters. The number of nitro benzene ring substituents is 1. The van der Waals surface area contributed by atoms with Crippen molar-refractivity contribution >= 4 is 27.3 Å². The number of rotatable bonds is 4. The molecule has 0 saturated carbocycles. The summed E-state index contributed by atoms with van der Waals surface area (Å²) in [6, 6.07) is 9.75. The molecule has 0 aliphatic carbocycles. The number of hydrogen-bond donors (Lipinski definition) is 0. The predicted molar refractivity (Wildman–Crippen MR) is 76.7 cm³/mol. The third-order valence-electron chi connectivity index (χ3n) is 2.60. The average Bonchev–Trinajstić information content (AvgIpc) is 2.40. The van der Waals surface area contributed by atoms with E-state index in [0.29, 0.717) is 0 Å². The highest BCUT2D eigenvalue weighted by Gasteiger charge is 2.26. The van der Waals surface area contributed by atoms with Crippen LogP contribution in [0.15, 0.2) is 57.2 Å². The van der Waals surface area contributed by atoms with Gasteiger partial charge in [0.25, 0.3) is 0 Å². The fraction of sp³-hybridized carbons (Fsp3) is 0.0769. The summed E-state index contributed by atoms with van der Waals surface area (Å²) in [5.41, 5.74) is -0.534. The maximum absolute atomic E-state index is 13.6. The molecule has 0 spiro atoms. The van der Waals surface area contributed by atoms with Crippen LogP contribution in [0.25, 0.3) is 0 Å². The van der Waals surface area contributed by atoms with Crippen LogP contribution in [0.2, 0.25) is 0 Å². The van der Waals surface area contributed by atoms with E-state index in [1.54, 1.807) is 6.07 Å². The number of nitrogens with zero attached hydrogens (tertiary/aromatic N) is 1. The lowest BCUT2D eigenvalue weighted by molar-refractivity contribution is -0.390. The number of para-hydroxylation sites is 1. The Morgan fingerprint density at radius 3 is 2.29 bits per heavy atom. The molecule has 0 fully saturated rings. The van der Waals surface area contributed by atoms with E-state index in [0.717, 1.165) is 18.0 Å². The number of halogens is 1. The minimum absolute atomic E-state index is 0.0769. The molecule has 0 aliphatic rings. The average molecular weight is 327 g/mol. The van der Waals surface area contributed by atoms with Crippen molar-refractivity contribution in [2.24, 2.45) is 0 Å². The highest BCUT2D eigenvalue weighted by molar-refractivity contribution is 7.99. The van der Waals surface area contributed by atoms with Gasteiger partial charge in [0, 0.05) is 11.2 Å². The van der Waals surface area contributed by atoms with E-state index in [-0.39, 0.29) is 14.7 Å². The van der Waals surface area contributed by atoms with Gasteiger partial charge in [0.2, 0.25) is 0 Å². The molecular formula is C13H10FNO4S2. The number of nitro groups is 1. The Morgan fingerprint density at radius 1 is 1.10 bits per heavy atom. The SMILES string of the molecule is CS(=O)(=O)c1cccc(Sc2ccccc2F)c1[N+](=O)[O-]. The van der Waals surface area contributed by atoms with Crippen LogP contribution in [-0.2, 0) is 9.84 Å². The Hall–Kier alpha value is -1.93. The molecule has 0 N–H and O–H groups in total. The van der Waals surface area contributed by atoms with Gasteiger partial charge in [-0.05, 0) is 24.3 Å². The van der Waals surface area contributed by atoms with Gasteiger partial charge in [-0.3, -0.25) is 10.1 Å². The lowest BCUT2D eigenvalue weighted by Crippen LogP contribution is -2.03. The smallest absolute Gasteiger partial charge is 0.258 e. The van der Waals surface area contributed by atoms with Gasteiger partial charge in [-0.15, -0.1) is 0 Å². The molecular weight excluding hydrogens is 317 g/mol. The van der Waals surface area contributed by atoms with Gasteiger partial charge >= 0.3 is 5.69 Å². The van der Waals surface area contributed by atoms with Gasteiger partial charge in [-0.2, -0.15) is 0 Å². The van der Waals surface area contributed by atoms with Crippen molar-refractivity contribution in [1.82, 2.24) is 0 Å². The van der Waals surface area contributed by atoms with E-state index in [1.165, 1.54) is 36.4 Å². The minimum atomic E-state index is -3.75. The highest BCUT2D eigenvalue weighted by Crippen LogP contribution is 2.39. The van der Waals surface area contributed by atoms with Crippen LogP contribution in [0, 0.1) is 15.9 Å². The number of hydrogen-bond acceptors (Lipinski definition) is 5. The second-order valence-corrected chi connectivity index (χ2v) is 7.23. The molecule has 2 aromatic carbocycles. The second-order valence-electron chi connectivity index (χ2n) is 4.16. The summed E-state index contributed by atoms with van der Waals surface area (Å²) in [5.74, 6) is -0.526. The summed E-state index contributed by atoms with van der Waals surface area (Å²) < 4.78 is 36.9. The van der Waals surface area contributed by atoms with E-state index in [9.17, 15) is 22.9 Å². The van der Waals surface area contributed by atoms with E-state index in [1.807, 2.05) is 0 Å². The van der Waals surface area contributed by atoms with Gasteiger partial charge in [0.15, 0.2) is 9.84 Å². The van der Waals surface area contributed by atoms with E-state index < -0.39 is 26.3 Å². The third kappa shape index (κ3) is 3.40. The van der Waals surface area contributed by atoms with Crippen LogP contribution in [0.3, 0.4) is 0 Å². The standard InChI is InChI=1S/C13H10FNO4S2/c1-21(18,19)12-8-4-7-11(13(12)15(16)17)20-10-6-3-2-5-9(10)14/h2-8H,1H3. The number of sulfone groups is 1. The molecule has 2 rings (SSSR count). The largest absolute Gasteiger partial charge is 0.301 e. The molecule has 0 amide bonds. The summed E-state index contributed by atoms with van der Waals surface area (Å²) in [4.78, 5) is 10.3. The Bertz CT molecular complexity index is 806. The molecule has 0 bridgehead atoms. The maximum atomic E-state index is 13.6. The van der Waals surface area contributed by atoms with Crippen molar-refractivity contribution < 1.29 is 17.7 Å². The topological polar surface area (TPSA) is 77.3 Å². The van der Waals surface area contributed by atoms with Gasteiger partial charge in [-0.1, -0.05) is 30.0 Å².